The fraction of sp³-hybridized carbons (Fsp3) is 0.207. The second-order valence-electron chi connectivity index (χ2n) is 9.48. The highest BCUT2D eigenvalue weighted by atomic mass is 35.5. The fourth-order valence-corrected chi connectivity index (χ4v) is 4.00. The number of rotatable bonds is 11. The number of halogens is 3. The zero-order chi connectivity index (χ0) is 30.4. The van der Waals surface area contributed by atoms with Crippen LogP contribution in [-0.4, -0.2) is 47.6 Å². The van der Waals surface area contributed by atoms with Gasteiger partial charge in [0.25, 0.3) is 11.8 Å². The third kappa shape index (κ3) is 7.67. The van der Waals surface area contributed by atoms with Crippen molar-refractivity contribution in [2.45, 2.75) is 19.8 Å². The van der Waals surface area contributed by atoms with Gasteiger partial charge in [-0.15, -0.1) is 0 Å². The van der Waals surface area contributed by atoms with Gasteiger partial charge in [-0.25, -0.2) is 13.8 Å². The predicted octanol–water partition coefficient (Wildman–Crippen LogP) is 5.12. The van der Waals surface area contributed by atoms with E-state index in [4.69, 9.17) is 16.3 Å². The Morgan fingerprint density at radius 2 is 1.79 bits per heavy atom. The summed E-state index contributed by atoms with van der Waals surface area (Å²) in [6, 6.07) is 10.0. The topological polar surface area (TPSA) is 121 Å². The van der Waals surface area contributed by atoms with Crippen LogP contribution in [0.15, 0.2) is 66.5 Å². The number of hydrogen-bond acceptors (Lipinski definition) is 6. The van der Waals surface area contributed by atoms with Crippen molar-refractivity contribution in [1.82, 2.24) is 9.88 Å². The van der Waals surface area contributed by atoms with Crippen molar-refractivity contribution in [3.05, 3.63) is 83.2 Å². The number of carbonyl (C=O) groups is 4. The van der Waals surface area contributed by atoms with E-state index in [0.717, 1.165) is 30.0 Å². The average molecular weight is 598 g/mol. The van der Waals surface area contributed by atoms with Gasteiger partial charge in [0.1, 0.15) is 16.4 Å². The van der Waals surface area contributed by atoms with Gasteiger partial charge in [-0.2, -0.15) is 0 Å². The van der Waals surface area contributed by atoms with Crippen molar-refractivity contribution in [2.24, 2.45) is 5.92 Å². The minimum Gasteiger partial charge on any atom is -0.453 e. The first kappa shape index (κ1) is 30.1. The van der Waals surface area contributed by atoms with Gasteiger partial charge in [0.15, 0.2) is 23.1 Å². The number of pyridine rings is 1. The van der Waals surface area contributed by atoms with Crippen molar-refractivity contribution in [3.8, 4) is 11.5 Å². The molecule has 0 unspecified atom stereocenters. The van der Waals surface area contributed by atoms with E-state index in [-0.39, 0.29) is 33.9 Å². The lowest BCUT2D eigenvalue weighted by molar-refractivity contribution is -0.120. The average Bonchev–Trinajstić information content (AvgIpc) is 3.78. The monoisotopic (exact) mass is 597 g/mol. The number of amides is 4. The smallest absolute Gasteiger partial charge is 0.265 e. The van der Waals surface area contributed by atoms with Gasteiger partial charge in [-0.1, -0.05) is 11.6 Å². The van der Waals surface area contributed by atoms with Gasteiger partial charge in [0.05, 0.1) is 0 Å². The van der Waals surface area contributed by atoms with Crippen LogP contribution in [0.5, 0.6) is 11.5 Å². The fourth-order valence-electron chi connectivity index (χ4n) is 3.80. The Balaban J connectivity index is 1.56. The number of nitrogens with zero attached hydrogens (tertiary/aromatic N) is 3. The van der Waals surface area contributed by atoms with Crippen LogP contribution in [0, 0.1) is 17.6 Å². The summed E-state index contributed by atoms with van der Waals surface area (Å²) in [5.74, 6) is -3.37. The largest absolute Gasteiger partial charge is 0.453 e. The molecule has 1 saturated carbocycles. The lowest BCUT2D eigenvalue weighted by atomic mass is 10.2. The van der Waals surface area contributed by atoms with Gasteiger partial charge >= 0.3 is 0 Å². The van der Waals surface area contributed by atoms with E-state index in [2.05, 4.69) is 15.6 Å². The summed E-state index contributed by atoms with van der Waals surface area (Å²) in [7, 11) is 1.40. The van der Waals surface area contributed by atoms with E-state index < -0.39 is 34.9 Å². The Morgan fingerprint density at radius 1 is 1.07 bits per heavy atom. The molecule has 4 rings (SSSR count). The molecule has 1 aliphatic carbocycles. The molecule has 13 heteroatoms. The van der Waals surface area contributed by atoms with Crippen LogP contribution < -0.4 is 20.3 Å². The maximum Gasteiger partial charge on any atom is 0.265 e. The SMILES string of the molecule is CC(=O)Nc1nccc(Oc2ccc(NC(=O)/C(=C/N(C=O)CC3CC3)C(=O)N(C)c3ccc(F)cc3)cc2F)c1Cl. The van der Waals surface area contributed by atoms with Gasteiger partial charge < -0.3 is 25.2 Å². The molecule has 0 saturated heterocycles. The molecule has 2 aromatic carbocycles. The first-order valence-electron chi connectivity index (χ1n) is 12.7. The molecule has 4 amide bonds. The summed E-state index contributed by atoms with van der Waals surface area (Å²) in [4.78, 5) is 56.0. The number of nitrogens with one attached hydrogen (secondary N) is 2. The molecule has 0 aliphatic heterocycles. The van der Waals surface area contributed by atoms with Crippen LogP contribution in [0.25, 0.3) is 0 Å². The third-order valence-electron chi connectivity index (χ3n) is 6.15. The molecule has 1 fully saturated rings. The van der Waals surface area contributed by atoms with E-state index in [9.17, 15) is 23.6 Å². The lowest BCUT2D eigenvalue weighted by Gasteiger charge is -2.21. The molecule has 3 aromatic rings. The summed E-state index contributed by atoms with van der Waals surface area (Å²) in [6.07, 6.45) is 4.84. The Bertz CT molecular complexity index is 1550. The van der Waals surface area contributed by atoms with E-state index in [1.807, 2.05) is 0 Å². The molecule has 0 spiro atoms. The summed E-state index contributed by atoms with van der Waals surface area (Å²) >= 11 is 6.21. The molecule has 1 aliphatic rings. The molecule has 218 valence electrons. The van der Waals surface area contributed by atoms with Crippen LogP contribution in [0.4, 0.5) is 26.0 Å². The Kier molecular flexibility index (Phi) is 9.48. The highest BCUT2D eigenvalue weighted by molar-refractivity contribution is 6.34. The molecule has 0 bridgehead atoms. The second kappa shape index (κ2) is 13.2. The van der Waals surface area contributed by atoms with Crippen LogP contribution in [0.3, 0.4) is 0 Å². The molecule has 2 N–H and O–H groups in total. The molecule has 1 heterocycles. The normalized spacial score (nSPS) is 12.7. The van der Waals surface area contributed by atoms with Crippen LogP contribution in [-0.2, 0) is 19.2 Å². The third-order valence-corrected chi connectivity index (χ3v) is 6.51. The summed E-state index contributed by atoms with van der Waals surface area (Å²) < 4.78 is 34.0. The number of ether oxygens (including phenoxy) is 1. The Labute approximate surface area is 244 Å². The van der Waals surface area contributed by atoms with Gasteiger partial charge in [-0.3, -0.25) is 19.2 Å². The van der Waals surface area contributed by atoms with Crippen LogP contribution in [0.2, 0.25) is 5.02 Å². The van der Waals surface area contributed by atoms with Gasteiger partial charge in [-0.05, 0) is 55.2 Å². The maximum atomic E-state index is 15.0. The maximum absolute atomic E-state index is 15.0. The van der Waals surface area contributed by atoms with Crippen molar-refractivity contribution in [2.75, 3.05) is 29.1 Å². The summed E-state index contributed by atoms with van der Waals surface area (Å²) in [6.45, 7) is 1.60. The number of hydrogen-bond donors (Lipinski definition) is 2. The highest BCUT2D eigenvalue weighted by Gasteiger charge is 2.28. The lowest BCUT2D eigenvalue weighted by Crippen LogP contribution is -2.35. The van der Waals surface area contributed by atoms with Crippen LogP contribution in [0.1, 0.15) is 19.8 Å². The number of anilines is 3. The molecule has 42 heavy (non-hydrogen) atoms. The first-order chi connectivity index (χ1) is 20.0. The molecule has 0 radical (unpaired) electrons. The molecular formula is C29H26ClF2N5O5. The number of aromatic nitrogens is 1. The Hall–Kier alpha value is -4.84. The zero-order valence-electron chi connectivity index (χ0n) is 22.6. The second-order valence-corrected chi connectivity index (χ2v) is 9.86. The van der Waals surface area contributed by atoms with Crippen molar-refractivity contribution < 1.29 is 32.7 Å². The van der Waals surface area contributed by atoms with E-state index in [1.54, 1.807) is 0 Å². The molecule has 10 nitrogen and oxygen atoms in total. The van der Waals surface area contributed by atoms with Crippen LogP contribution >= 0.6 is 11.6 Å². The first-order valence-corrected chi connectivity index (χ1v) is 13.1. The minimum absolute atomic E-state index is 0.00686. The zero-order valence-corrected chi connectivity index (χ0v) is 23.3. The van der Waals surface area contributed by atoms with E-state index in [0.29, 0.717) is 18.6 Å². The number of benzene rings is 2. The van der Waals surface area contributed by atoms with Crippen molar-refractivity contribution >= 4 is 52.9 Å². The quantitative estimate of drug-likeness (QED) is 0.137. The minimum atomic E-state index is -0.901. The van der Waals surface area contributed by atoms with Gasteiger partial charge in [0.2, 0.25) is 12.3 Å². The summed E-state index contributed by atoms with van der Waals surface area (Å²) in [5, 5.41) is 4.86. The predicted molar refractivity (Wildman–Crippen MR) is 152 cm³/mol. The standard InChI is InChI=1S/C29H26ClF2N5O5/c1-17(39)34-27-26(30)25(11-12-33-27)42-24-10-7-20(13-23(24)32)35-28(40)22(15-37(16-38)14-18-3-4-18)29(41)36(2)21-8-5-19(31)6-9-21/h5-13,15-16,18H,3-4,14H2,1-2H3,(H,35,40)(H,33,34,39)/b22-15-. The van der Waals surface area contributed by atoms with E-state index in [1.165, 1.54) is 67.5 Å². The molecule has 0 atom stereocenters. The van der Waals surface area contributed by atoms with Crippen molar-refractivity contribution in [1.29, 1.82) is 0 Å². The van der Waals surface area contributed by atoms with E-state index >= 15 is 4.39 Å². The van der Waals surface area contributed by atoms with Crippen molar-refractivity contribution in [3.63, 3.8) is 0 Å². The number of carbonyl (C=O) groups excluding carboxylic acids is 4. The highest BCUT2D eigenvalue weighted by Crippen LogP contribution is 2.35. The summed E-state index contributed by atoms with van der Waals surface area (Å²) in [5.41, 5.74) is -0.0964. The molecular weight excluding hydrogens is 572 g/mol. The molecule has 1 aromatic heterocycles. The van der Waals surface area contributed by atoms with Gasteiger partial charge in [0, 0.05) is 56.4 Å². The number of likely N-dealkylation sites (N-methyl/N-ethyl adjacent to an activating group) is 1. The Morgan fingerprint density at radius 3 is 2.40 bits per heavy atom.